The highest BCUT2D eigenvalue weighted by molar-refractivity contribution is 5.98. The molecule has 148 valence electrons. The molecule has 0 saturated heterocycles. The van der Waals surface area contributed by atoms with Gasteiger partial charge in [0.15, 0.2) is 6.61 Å². The highest BCUT2D eigenvalue weighted by Crippen LogP contribution is 2.31. The number of ether oxygens (including phenoxy) is 2. The van der Waals surface area contributed by atoms with E-state index in [1.54, 1.807) is 11.0 Å². The zero-order valence-corrected chi connectivity index (χ0v) is 16.0. The van der Waals surface area contributed by atoms with Gasteiger partial charge in [0.25, 0.3) is 5.91 Å². The average Bonchev–Trinajstić information content (AvgIpc) is 3.34. The maximum absolute atomic E-state index is 12.6. The van der Waals surface area contributed by atoms with Gasteiger partial charge in [-0.3, -0.25) is 4.79 Å². The number of carbonyl (C=O) groups excluding carboxylic acids is 2. The van der Waals surface area contributed by atoms with Crippen molar-refractivity contribution in [3.8, 4) is 5.75 Å². The summed E-state index contributed by atoms with van der Waals surface area (Å²) in [6.07, 6.45) is 0.790. The molecule has 29 heavy (non-hydrogen) atoms. The van der Waals surface area contributed by atoms with Crippen molar-refractivity contribution in [2.24, 2.45) is 0 Å². The third-order valence-corrected chi connectivity index (χ3v) is 4.79. The van der Waals surface area contributed by atoms with Crippen LogP contribution in [0.4, 0.5) is 5.69 Å². The van der Waals surface area contributed by atoms with Crippen LogP contribution in [0.1, 0.15) is 28.8 Å². The molecular weight excluding hydrogens is 370 g/mol. The zero-order chi connectivity index (χ0) is 20.2. The van der Waals surface area contributed by atoms with Crippen LogP contribution in [0.5, 0.6) is 5.75 Å². The first-order chi connectivity index (χ1) is 14.1. The lowest BCUT2D eigenvalue weighted by molar-refractivity contribution is -0.122. The minimum Gasteiger partial charge on any atom is -0.486 e. The SMILES string of the molecule is CC1Cc2ccccc2N1C(=O)COC(=O)c1ccc(COc2ccccc2)o1. The maximum atomic E-state index is 12.6. The van der Waals surface area contributed by atoms with Crippen molar-refractivity contribution in [2.45, 2.75) is 26.0 Å². The number of para-hydroxylation sites is 2. The molecule has 0 bridgehead atoms. The molecule has 0 saturated carbocycles. The van der Waals surface area contributed by atoms with Gasteiger partial charge >= 0.3 is 5.97 Å². The van der Waals surface area contributed by atoms with Crippen molar-refractivity contribution in [1.82, 2.24) is 0 Å². The standard InChI is InChI=1S/C23H21NO5/c1-16-13-17-7-5-6-10-20(17)24(16)22(25)15-28-23(26)21-12-11-19(29-21)14-27-18-8-3-2-4-9-18/h2-12,16H,13-15H2,1H3. The summed E-state index contributed by atoms with van der Waals surface area (Å²) in [6, 6.07) is 20.3. The fourth-order valence-electron chi connectivity index (χ4n) is 3.45. The fraction of sp³-hybridized carbons (Fsp3) is 0.217. The van der Waals surface area contributed by atoms with Crippen LogP contribution in [0.25, 0.3) is 0 Å². The number of furan rings is 1. The Morgan fingerprint density at radius 1 is 1.03 bits per heavy atom. The predicted octanol–water partition coefficient (Wildman–Crippen LogP) is 3.99. The van der Waals surface area contributed by atoms with Gasteiger partial charge in [-0.05, 0) is 49.2 Å². The second kappa shape index (κ2) is 8.22. The summed E-state index contributed by atoms with van der Waals surface area (Å²) in [7, 11) is 0. The molecule has 6 heteroatoms. The first kappa shape index (κ1) is 18.8. The van der Waals surface area contributed by atoms with Crippen LogP contribution in [0.15, 0.2) is 71.1 Å². The Morgan fingerprint density at radius 3 is 2.62 bits per heavy atom. The monoisotopic (exact) mass is 391 g/mol. The van der Waals surface area contributed by atoms with E-state index in [9.17, 15) is 9.59 Å². The minimum atomic E-state index is -0.676. The van der Waals surface area contributed by atoms with Crippen molar-refractivity contribution >= 4 is 17.6 Å². The van der Waals surface area contributed by atoms with Crippen molar-refractivity contribution in [3.63, 3.8) is 0 Å². The Morgan fingerprint density at radius 2 is 1.79 bits per heavy atom. The first-order valence-electron chi connectivity index (χ1n) is 9.45. The lowest BCUT2D eigenvalue weighted by Gasteiger charge is -2.22. The van der Waals surface area contributed by atoms with Gasteiger partial charge in [-0.2, -0.15) is 0 Å². The normalized spacial score (nSPS) is 15.1. The number of hydrogen-bond donors (Lipinski definition) is 0. The van der Waals surface area contributed by atoms with Crippen molar-refractivity contribution in [1.29, 1.82) is 0 Å². The van der Waals surface area contributed by atoms with Gasteiger partial charge in [0, 0.05) is 11.7 Å². The van der Waals surface area contributed by atoms with Crippen LogP contribution >= 0.6 is 0 Å². The second-order valence-corrected chi connectivity index (χ2v) is 6.89. The number of amides is 1. The van der Waals surface area contributed by atoms with E-state index in [1.165, 1.54) is 6.07 Å². The highest BCUT2D eigenvalue weighted by Gasteiger charge is 2.31. The van der Waals surface area contributed by atoms with Crippen LogP contribution in [-0.4, -0.2) is 24.5 Å². The van der Waals surface area contributed by atoms with Gasteiger partial charge < -0.3 is 18.8 Å². The second-order valence-electron chi connectivity index (χ2n) is 6.89. The summed E-state index contributed by atoms with van der Waals surface area (Å²) in [5.41, 5.74) is 1.99. The van der Waals surface area contributed by atoms with Gasteiger partial charge in [-0.25, -0.2) is 4.79 Å². The lowest BCUT2D eigenvalue weighted by atomic mass is 10.1. The number of esters is 1. The zero-order valence-electron chi connectivity index (χ0n) is 16.0. The molecule has 3 aromatic rings. The molecule has 0 fully saturated rings. The molecule has 1 unspecified atom stereocenters. The van der Waals surface area contributed by atoms with E-state index in [4.69, 9.17) is 13.9 Å². The van der Waals surface area contributed by atoms with Gasteiger partial charge in [-0.15, -0.1) is 0 Å². The summed E-state index contributed by atoms with van der Waals surface area (Å²) in [4.78, 5) is 26.6. The molecule has 1 atom stereocenters. The summed E-state index contributed by atoms with van der Waals surface area (Å²) in [5, 5.41) is 0. The van der Waals surface area contributed by atoms with E-state index in [1.807, 2.05) is 61.5 Å². The third-order valence-electron chi connectivity index (χ3n) is 4.79. The maximum Gasteiger partial charge on any atom is 0.374 e. The Labute approximate surface area is 168 Å². The summed E-state index contributed by atoms with van der Waals surface area (Å²) in [6.45, 7) is 1.83. The van der Waals surface area contributed by atoms with Gasteiger partial charge in [0.05, 0.1) is 0 Å². The molecule has 2 heterocycles. The molecule has 4 rings (SSSR count). The number of nitrogens with zero attached hydrogens (tertiary/aromatic N) is 1. The Hall–Kier alpha value is -3.54. The number of carbonyl (C=O) groups is 2. The van der Waals surface area contributed by atoms with Gasteiger partial charge in [0.2, 0.25) is 5.76 Å². The molecule has 1 aliphatic heterocycles. The molecule has 0 radical (unpaired) electrons. The minimum absolute atomic E-state index is 0.0314. The molecule has 0 N–H and O–H groups in total. The lowest BCUT2D eigenvalue weighted by Crippen LogP contribution is -2.38. The molecule has 1 aliphatic rings. The number of anilines is 1. The molecule has 1 aromatic heterocycles. The van der Waals surface area contributed by atoms with Crippen LogP contribution in [0, 0.1) is 0 Å². The number of rotatable bonds is 6. The number of hydrogen-bond acceptors (Lipinski definition) is 5. The van der Waals surface area contributed by atoms with E-state index < -0.39 is 5.97 Å². The van der Waals surface area contributed by atoms with E-state index in [0.717, 1.165) is 17.7 Å². The fourth-order valence-corrected chi connectivity index (χ4v) is 3.45. The van der Waals surface area contributed by atoms with E-state index in [2.05, 4.69) is 0 Å². The van der Waals surface area contributed by atoms with E-state index in [-0.39, 0.29) is 30.9 Å². The van der Waals surface area contributed by atoms with Crippen molar-refractivity contribution < 1.29 is 23.5 Å². The Kier molecular flexibility index (Phi) is 5.33. The van der Waals surface area contributed by atoms with Gasteiger partial charge in [0.1, 0.15) is 18.1 Å². The van der Waals surface area contributed by atoms with Gasteiger partial charge in [-0.1, -0.05) is 36.4 Å². The summed E-state index contributed by atoms with van der Waals surface area (Å²) < 4.78 is 16.2. The smallest absolute Gasteiger partial charge is 0.374 e. The molecule has 2 aromatic carbocycles. The third kappa shape index (κ3) is 4.16. The topological polar surface area (TPSA) is 69.0 Å². The van der Waals surface area contributed by atoms with Crippen LogP contribution in [-0.2, 0) is 22.6 Å². The Balaban J connectivity index is 1.32. The summed E-state index contributed by atoms with van der Waals surface area (Å²) in [5.74, 6) is 0.312. The predicted molar refractivity (Wildman–Crippen MR) is 107 cm³/mol. The molecule has 6 nitrogen and oxygen atoms in total. The quantitative estimate of drug-likeness (QED) is 0.594. The van der Waals surface area contributed by atoms with E-state index in [0.29, 0.717) is 11.5 Å². The molecule has 0 aliphatic carbocycles. The Bertz CT molecular complexity index is 1010. The van der Waals surface area contributed by atoms with E-state index >= 15 is 0 Å². The van der Waals surface area contributed by atoms with Crippen LogP contribution < -0.4 is 9.64 Å². The van der Waals surface area contributed by atoms with Crippen LogP contribution in [0.2, 0.25) is 0 Å². The molecule has 1 amide bonds. The highest BCUT2D eigenvalue weighted by atomic mass is 16.6. The average molecular weight is 391 g/mol. The first-order valence-corrected chi connectivity index (χ1v) is 9.45. The number of benzene rings is 2. The molecular formula is C23H21NO5. The number of fused-ring (bicyclic) bond motifs is 1. The van der Waals surface area contributed by atoms with Crippen molar-refractivity contribution in [3.05, 3.63) is 83.8 Å². The van der Waals surface area contributed by atoms with Crippen LogP contribution in [0.3, 0.4) is 0 Å². The largest absolute Gasteiger partial charge is 0.486 e. The summed E-state index contributed by atoms with van der Waals surface area (Å²) >= 11 is 0. The molecule has 0 spiro atoms. The van der Waals surface area contributed by atoms with Crippen molar-refractivity contribution in [2.75, 3.05) is 11.5 Å².